The number of hydrogen-bond acceptors (Lipinski definition) is 11. The molecule has 5 aromatic rings. The standard InChI is InChI=1S/C70H89N9O11/c1-42(2)55(35-44(5)67(87)88)78(13)66(86)63(69(6,7)8)76-65(85)62(72-11)70(9,10)53-40-77(12)56-36-46(26-31-52(53)56)37-60(83)90-41-45-24-29-51(30-25-45)74-64(84)49(22-18-34-73-68(71)89)38-57(80)61(43(3)4)75-58(81)32-33-59(82)79-39-50-21-15-14-19-47(50)27-28-48-20-16-17-23-54(48)79/h14-17,19-21,23-26,29-31,35-36,40,42-43,49,55,61-63,72H,18,22,32-34,37-39,41H2,1-13H3,(H,74,84)(H,75,81)(H,76,85)(H,87,88)(H3,71,73,89)/b44-35+/t49-,55-,61+,62?,63-/m1/s1. The van der Waals surface area contributed by atoms with Crippen LogP contribution in [-0.4, -0.2) is 113 Å². The lowest BCUT2D eigenvalue weighted by Crippen LogP contribution is -2.61. The Kier molecular flexibility index (Phi) is 24.0. The van der Waals surface area contributed by atoms with Gasteiger partial charge >= 0.3 is 18.0 Å². The van der Waals surface area contributed by atoms with Crippen molar-refractivity contribution in [2.24, 2.45) is 36.0 Å². The molecule has 0 bridgehead atoms. The second-order valence-electron chi connectivity index (χ2n) is 25.6. The zero-order valence-electron chi connectivity index (χ0n) is 54.2. The topological polar surface area (TPSA) is 281 Å². The van der Waals surface area contributed by atoms with Crippen molar-refractivity contribution in [1.82, 2.24) is 30.7 Å². The van der Waals surface area contributed by atoms with Crippen LogP contribution >= 0.6 is 0 Å². The average Bonchev–Trinajstić information content (AvgIpc) is 1.57. The normalized spacial score (nSPS) is 14.0. The van der Waals surface area contributed by atoms with Crippen LogP contribution in [0, 0.1) is 35.0 Å². The number of ether oxygens (including phenoxy) is 1. The van der Waals surface area contributed by atoms with E-state index in [-0.39, 0.29) is 86.8 Å². The maximum Gasteiger partial charge on any atom is 0.331 e. The molecule has 1 unspecified atom stereocenters. The Morgan fingerprint density at radius 2 is 1.44 bits per heavy atom. The minimum atomic E-state index is -1.08. The number of rotatable bonds is 28. The number of ketones is 1. The van der Waals surface area contributed by atoms with E-state index in [9.17, 15) is 48.3 Å². The first-order valence-corrected chi connectivity index (χ1v) is 30.6. The molecule has 0 spiro atoms. The highest BCUT2D eigenvalue weighted by molar-refractivity contribution is 6.00. The van der Waals surface area contributed by atoms with Crippen LogP contribution in [-0.2, 0) is 75.1 Å². The van der Waals surface area contributed by atoms with E-state index in [1.807, 2.05) is 133 Å². The van der Waals surface area contributed by atoms with E-state index in [1.54, 1.807) is 63.2 Å². The molecule has 1 aromatic heterocycles. The van der Waals surface area contributed by atoms with Crippen LogP contribution < -0.4 is 37.2 Å². The molecule has 7 amide bonds. The van der Waals surface area contributed by atoms with Crippen molar-refractivity contribution in [1.29, 1.82) is 0 Å². The molecular formula is C70H89N9O11. The van der Waals surface area contributed by atoms with Gasteiger partial charge in [-0.1, -0.05) is 135 Å². The number of carboxylic acid groups (broad SMARTS) is 1. The number of esters is 1. The number of likely N-dealkylation sites (N-methyl/N-ethyl adjacent to an activating group) is 2. The van der Waals surface area contributed by atoms with Gasteiger partial charge in [0, 0.05) is 90.7 Å². The van der Waals surface area contributed by atoms with E-state index >= 15 is 0 Å². The number of aromatic nitrogens is 1. The van der Waals surface area contributed by atoms with Gasteiger partial charge in [-0.3, -0.25) is 33.6 Å². The summed E-state index contributed by atoms with van der Waals surface area (Å²) in [5.74, 6) is 1.15. The van der Waals surface area contributed by atoms with Crippen molar-refractivity contribution < 1.29 is 53.0 Å². The number of nitrogens with one attached hydrogen (secondary N) is 5. The maximum atomic E-state index is 14.4. The summed E-state index contributed by atoms with van der Waals surface area (Å²) in [6.07, 6.45) is 3.48. The summed E-state index contributed by atoms with van der Waals surface area (Å²) >= 11 is 0. The van der Waals surface area contributed by atoms with Gasteiger partial charge in [-0.25, -0.2) is 9.59 Å². The van der Waals surface area contributed by atoms with Gasteiger partial charge in [0.05, 0.1) is 36.8 Å². The first-order valence-electron chi connectivity index (χ1n) is 30.6. The van der Waals surface area contributed by atoms with Crippen LogP contribution in [0.5, 0.6) is 0 Å². The molecule has 0 fully saturated rings. The number of fused-ring (bicyclic) bond motifs is 3. The van der Waals surface area contributed by atoms with Gasteiger partial charge in [0.1, 0.15) is 12.6 Å². The molecule has 0 saturated carbocycles. The van der Waals surface area contributed by atoms with Crippen molar-refractivity contribution in [2.45, 2.75) is 150 Å². The number of carboxylic acids is 1. The lowest BCUT2D eigenvalue weighted by Gasteiger charge is -2.39. The fourth-order valence-electron chi connectivity index (χ4n) is 11.3. The smallest absolute Gasteiger partial charge is 0.331 e. The molecule has 0 radical (unpaired) electrons. The van der Waals surface area contributed by atoms with Crippen molar-refractivity contribution in [2.75, 3.05) is 30.9 Å². The number of nitrogens with zero attached hydrogens (tertiary/aromatic N) is 3. The maximum absolute atomic E-state index is 14.4. The van der Waals surface area contributed by atoms with E-state index in [1.165, 1.54) is 11.8 Å². The number of urea groups is 1. The van der Waals surface area contributed by atoms with Crippen LogP contribution in [0.3, 0.4) is 0 Å². The zero-order valence-corrected chi connectivity index (χ0v) is 54.2. The molecule has 8 N–H and O–H groups in total. The Morgan fingerprint density at radius 3 is 2.08 bits per heavy atom. The number of anilines is 2. The van der Waals surface area contributed by atoms with Crippen molar-refractivity contribution >= 4 is 75.6 Å². The van der Waals surface area contributed by atoms with E-state index in [2.05, 4.69) is 38.4 Å². The third-order valence-electron chi connectivity index (χ3n) is 16.5. The Morgan fingerprint density at radius 1 is 0.800 bits per heavy atom. The quantitative estimate of drug-likeness (QED) is 0.0108. The number of Topliss-reactive ketones (excluding diaryl/α,β-unsaturated/α-hetero) is 1. The molecule has 5 atom stereocenters. The Bertz CT molecular complexity index is 3570. The number of para-hydroxylation sites is 1. The van der Waals surface area contributed by atoms with Crippen LogP contribution in [0.2, 0.25) is 0 Å². The van der Waals surface area contributed by atoms with Gasteiger partial charge in [-0.15, -0.1) is 0 Å². The predicted molar refractivity (Wildman–Crippen MR) is 348 cm³/mol. The summed E-state index contributed by atoms with van der Waals surface area (Å²) in [6, 6.07) is 23.4. The van der Waals surface area contributed by atoms with Gasteiger partial charge < -0.3 is 56.5 Å². The highest BCUT2D eigenvalue weighted by Crippen LogP contribution is 2.36. The lowest BCUT2D eigenvalue weighted by atomic mass is 9.76. The zero-order chi connectivity index (χ0) is 66.4. The van der Waals surface area contributed by atoms with Crippen molar-refractivity contribution in [3.63, 3.8) is 0 Å². The number of aryl methyl sites for hydroxylation is 1. The van der Waals surface area contributed by atoms with Gasteiger partial charge in [-0.05, 0) is 103 Å². The first-order chi connectivity index (χ1) is 42.4. The Balaban J connectivity index is 1.05. The minimum absolute atomic E-state index is 0.0357. The van der Waals surface area contributed by atoms with Crippen molar-refractivity contribution in [3.8, 4) is 11.8 Å². The second-order valence-corrected chi connectivity index (χ2v) is 25.6. The van der Waals surface area contributed by atoms with Gasteiger partial charge in [-0.2, -0.15) is 0 Å². The van der Waals surface area contributed by atoms with Crippen LogP contribution in [0.15, 0.2) is 109 Å². The first kappa shape index (κ1) is 70.0. The molecular weight excluding hydrogens is 1140 g/mol. The second kappa shape index (κ2) is 30.9. The summed E-state index contributed by atoms with van der Waals surface area (Å²) in [6.45, 7) is 18.8. The van der Waals surface area contributed by atoms with E-state index in [4.69, 9.17) is 10.5 Å². The summed E-state index contributed by atoms with van der Waals surface area (Å²) in [4.78, 5) is 124. The Labute approximate surface area is 528 Å². The van der Waals surface area contributed by atoms with Gasteiger partial charge in [0.25, 0.3) is 0 Å². The van der Waals surface area contributed by atoms with Crippen LogP contribution in [0.1, 0.15) is 135 Å². The number of benzene rings is 4. The number of nitrogens with two attached hydrogens (primary N) is 1. The molecule has 20 nitrogen and oxygen atoms in total. The molecule has 0 aliphatic carbocycles. The summed E-state index contributed by atoms with van der Waals surface area (Å²) in [5, 5.41) is 24.9. The largest absolute Gasteiger partial charge is 0.478 e. The number of hydrogen-bond donors (Lipinski definition) is 7. The molecule has 480 valence electrons. The minimum Gasteiger partial charge on any atom is -0.478 e. The number of amides is 7. The number of primary amides is 1. The van der Waals surface area contributed by atoms with Crippen LogP contribution in [0.4, 0.5) is 16.2 Å². The van der Waals surface area contributed by atoms with Gasteiger partial charge in [0.2, 0.25) is 29.5 Å². The Hall–Kier alpha value is -9.09. The van der Waals surface area contributed by atoms with Crippen molar-refractivity contribution in [3.05, 3.63) is 142 Å². The summed E-state index contributed by atoms with van der Waals surface area (Å²) < 4.78 is 7.64. The lowest BCUT2D eigenvalue weighted by molar-refractivity contribution is -0.144. The SMILES string of the molecule is CNC(C(=O)N[C@H](C(=O)N(C)[C@H](/C=C(\C)C(=O)O)C(C)C)C(C)(C)C)C(C)(C)c1cn(C)c2cc(CC(=O)OCc3ccc(NC(=O)[C@H](CCCNC(N)=O)CC(=O)[C@@H](NC(=O)CCC(=O)N4Cc5ccccc5C#Cc5ccccc54)C(C)C)cc3)ccc12. The number of carbonyl (C=O) groups excluding carboxylic acids is 8. The average molecular weight is 1230 g/mol. The van der Waals surface area contributed by atoms with E-state index in [0.717, 1.165) is 27.6 Å². The molecule has 6 rings (SSSR count). The molecule has 20 heteroatoms. The fourth-order valence-corrected chi connectivity index (χ4v) is 11.3. The van der Waals surface area contributed by atoms with Gasteiger partial charge in [0.15, 0.2) is 5.78 Å². The molecule has 1 aliphatic rings. The fraction of sp³-hybridized carbons (Fsp3) is 0.443. The molecule has 2 heterocycles. The van der Waals surface area contributed by atoms with E-state index < -0.39 is 76.6 Å². The predicted octanol–water partition coefficient (Wildman–Crippen LogP) is 8.20. The summed E-state index contributed by atoms with van der Waals surface area (Å²) in [5.41, 5.74) is 10.3. The number of carbonyl (C=O) groups is 9. The number of aliphatic carboxylic acids is 1. The third kappa shape index (κ3) is 18.3. The van der Waals surface area contributed by atoms with E-state index in [0.29, 0.717) is 34.5 Å². The monoisotopic (exact) mass is 1230 g/mol. The molecule has 0 saturated heterocycles. The highest BCUT2D eigenvalue weighted by Gasteiger charge is 2.43. The molecule has 90 heavy (non-hydrogen) atoms. The van der Waals surface area contributed by atoms with Crippen LogP contribution in [0.25, 0.3) is 10.9 Å². The molecule has 1 aliphatic heterocycles. The summed E-state index contributed by atoms with van der Waals surface area (Å²) in [7, 11) is 5.20. The third-order valence-corrected chi connectivity index (χ3v) is 16.5. The molecule has 4 aromatic carbocycles. The highest BCUT2D eigenvalue weighted by atomic mass is 16.5.